The van der Waals surface area contributed by atoms with E-state index in [9.17, 15) is 0 Å². The first-order valence-corrected chi connectivity index (χ1v) is 7.05. The van der Waals surface area contributed by atoms with Crippen LogP contribution in [0.4, 0.5) is 5.69 Å². The molecule has 1 heterocycles. The predicted octanol–water partition coefficient (Wildman–Crippen LogP) is 3.84. The van der Waals surface area contributed by atoms with E-state index in [-0.39, 0.29) is 0 Å². The van der Waals surface area contributed by atoms with E-state index >= 15 is 0 Å². The van der Waals surface area contributed by atoms with Gasteiger partial charge in [-0.1, -0.05) is 47.5 Å². The highest BCUT2D eigenvalue weighted by molar-refractivity contribution is 6.33. The van der Waals surface area contributed by atoms with Crippen LogP contribution in [0.3, 0.4) is 0 Å². The highest BCUT2D eigenvalue weighted by atomic mass is 35.5. The van der Waals surface area contributed by atoms with Gasteiger partial charge < -0.3 is 5.32 Å². The Kier molecular flexibility index (Phi) is 3.88. The van der Waals surface area contributed by atoms with Crippen LogP contribution in [0.5, 0.6) is 0 Å². The zero-order chi connectivity index (χ0) is 14.7. The summed E-state index contributed by atoms with van der Waals surface area (Å²) < 4.78 is 1.67. The fourth-order valence-electron chi connectivity index (χ4n) is 2.23. The number of nitrogens with zero attached hydrogens (tertiary/aromatic N) is 3. The van der Waals surface area contributed by atoms with Crippen LogP contribution in [-0.4, -0.2) is 14.8 Å². The third kappa shape index (κ3) is 3.06. The molecule has 0 saturated heterocycles. The number of aryl methyl sites for hydroxylation is 1. The lowest BCUT2D eigenvalue weighted by atomic mass is 10.1. The van der Waals surface area contributed by atoms with Crippen LogP contribution >= 0.6 is 11.6 Å². The second kappa shape index (κ2) is 5.97. The van der Waals surface area contributed by atoms with Gasteiger partial charge in [0.1, 0.15) is 18.3 Å². The molecule has 0 spiro atoms. The molecule has 0 aliphatic carbocycles. The Labute approximate surface area is 128 Å². The van der Waals surface area contributed by atoms with E-state index in [1.54, 1.807) is 11.0 Å². The molecule has 0 amide bonds. The lowest BCUT2D eigenvalue weighted by molar-refractivity contribution is 0.878. The topological polar surface area (TPSA) is 42.7 Å². The second-order valence-electron chi connectivity index (χ2n) is 4.82. The van der Waals surface area contributed by atoms with E-state index in [1.807, 2.05) is 18.2 Å². The van der Waals surface area contributed by atoms with E-state index in [0.29, 0.717) is 5.02 Å². The van der Waals surface area contributed by atoms with Gasteiger partial charge in [-0.3, -0.25) is 0 Å². The molecule has 0 bridgehead atoms. The van der Waals surface area contributed by atoms with Gasteiger partial charge in [-0.25, -0.2) is 9.67 Å². The van der Waals surface area contributed by atoms with Crippen molar-refractivity contribution in [2.24, 2.45) is 0 Å². The quantitative estimate of drug-likeness (QED) is 0.796. The van der Waals surface area contributed by atoms with Crippen LogP contribution in [0.2, 0.25) is 5.02 Å². The summed E-state index contributed by atoms with van der Waals surface area (Å²) in [4.78, 5) is 3.98. The fourth-order valence-corrected chi connectivity index (χ4v) is 2.50. The van der Waals surface area contributed by atoms with Gasteiger partial charge in [0.2, 0.25) is 0 Å². The zero-order valence-electron chi connectivity index (χ0n) is 11.6. The molecule has 21 heavy (non-hydrogen) atoms. The molecule has 0 aliphatic rings. The molecule has 0 radical (unpaired) electrons. The van der Waals surface area contributed by atoms with Crippen molar-refractivity contribution in [1.82, 2.24) is 14.8 Å². The van der Waals surface area contributed by atoms with Gasteiger partial charge in [0.25, 0.3) is 0 Å². The zero-order valence-corrected chi connectivity index (χ0v) is 12.4. The standard InChI is InChI=1S/C16H15ClN4/c1-12-4-2-5-13(8-12)9-19-15-7-3-6-14(17)16(15)21-11-18-10-20-21/h2-8,10-11,19H,9H2,1H3. The second-order valence-corrected chi connectivity index (χ2v) is 5.23. The maximum Gasteiger partial charge on any atom is 0.138 e. The van der Waals surface area contributed by atoms with Crippen LogP contribution < -0.4 is 5.32 Å². The molecule has 2 aromatic carbocycles. The smallest absolute Gasteiger partial charge is 0.138 e. The third-order valence-corrected chi connectivity index (χ3v) is 3.51. The Hall–Kier alpha value is -2.33. The molecule has 0 fully saturated rings. The molecule has 0 aliphatic heterocycles. The van der Waals surface area contributed by atoms with Crippen LogP contribution in [0.15, 0.2) is 55.1 Å². The van der Waals surface area contributed by atoms with E-state index in [2.05, 4.69) is 46.6 Å². The Morgan fingerprint density at radius 2 is 2.05 bits per heavy atom. The van der Waals surface area contributed by atoms with Gasteiger partial charge in [0.15, 0.2) is 0 Å². The van der Waals surface area contributed by atoms with Crippen LogP contribution in [0.1, 0.15) is 11.1 Å². The van der Waals surface area contributed by atoms with E-state index < -0.39 is 0 Å². The van der Waals surface area contributed by atoms with Crippen LogP contribution in [0.25, 0.3) is 5.69 Å². The molecule has 5 heteroatoms. The SMILES string of the molecule is Cc1cccc(CNc2cccc(Cl)c2-n2cncn2)c1. The summed E-state index contributed by atoms with van der Waals surface area (Å²) in [6, 6.07) is 14.1. The normalized spacial score (nSPS) is 10.6. The van der Waals surface area contributed by atoms with Crippen molar-refractivity contribution < 1.29 is 0 Å². The average molecular weight is 299 g/mol. The van der Waals surface area contributed by atoms with Gasteiger partial charge in [-0.05, 0) is 24.6 Å². The summed E-state index contributed by atoms with van der Waals surface area (Å²) in [7, 11) is 0. The minimum Gasteiger partial charge on any atom is -0.379 e. The predicted molar refractivity (Wildman–Crippen MR) is 84.9 cm³/mol. The van der Waals surface area contributed by atoms with Gasteiger partial charge in [-0.2, -0.15) is 5.10 Å². The lowest BCUT2D eigenvalue weighted by Crippen LogP contribution is -2.05. The minimum atomic E-state index is 0.634. The van der Waals surface area contributed by atoms with Crippen molar-refractivity contribution in [2.45, 2.75) is 13.5 Å². The van der Waals surface area contributed by atoms with Crippen molar-refractivity contribution in [3.8, 4) is 5.69 Å². The summed E-state index contributed by atoms with van der Waals surface area (Å²) in [5.41, 5.74) is 4.20. The molecule has 0 saturated carbocycles. The van der Waals surface area contributed by atoms with Crippen molar-refractivity contribution >= 4 is 17.3 Å². The largest absolute Gasteiger partial charge is 0.379 e. The number of benzene rings is 2. The van der Waals surface area contributed by atoms with Crippen molar-refractivity contribution in [2.75, 3.05) is 5.32 Å². The van der Waals surface area contributed by atoms with Crippen LogP contribution in [-0.2, 0) is 6.54 Å². The van der Waals surface area contributed by atoms with Crippen molar-refractivity contribution in [3.05, 3.63) is 71.3 Å². The summed E-state index contributed by atoms with van der Waals surface area (Å²) >= 11 is 6.30. The molecule has 3 rings (SSSR count). The van der Waals surface area contributed by atoms with Gasteiger partial charge in [0.05, 0.1) is 10.7 Å². The first-order chi connectivity index (χ1) is 10.2. The highest BCUT2D eigenvalue weighted by Gasteiger charge is 2.09. The Balaban J connectivity index is 1.88. The molecule has 0 unspecified atom stereocenters. The van der Waals surface area contributed by atoms with Crippen molar-refractivity contribution in [3.63, 3.8) is 0 Å². The number of nitrogens with one attached hydrogen (secondary N) is 1. The van der Waals surface area contributed by atoms with Crippen LogP contribution in [0, 0.1) is 6.92 Å². The Morgan fingerprint density at radius 1 is 1.19 bits per heavy atom. The molecular formula is C16H15ClN4. The number of aromatic nitrogens is 3. The summed E-state index contributed by atoms with van der Waals surface area (Å²) in [6.07, 6.45) is 3.13. The van der Waals surface area contributed by atoms with E-state index in [0.717, 1.165) is 17.9 Å². The molecule has 1 N–H and O–H groups in total. The Bertz CT molecular complexity index is 738. The molecule has 106 valence electrons. The van der Waals surface area contributed by atoms with Crippen molar-refractivity contribution in [1.29, 1.82) is 0 Å². The first-order valence-electron chi connectivity index (χ1n) is 6.67. The number of halogens is 1. The molecular weight excluding hydrogens is 284 g/mol. The maximum absolute atomic E-state index is 6.30. The number of rotatable bonds is 4. The summed E-state index contributed by atoms with van der Waals surface area (Å²) in [5.74, 6) is 0. The molecule has 3 aromatic rings. The van der Waals surface area contributed by atoms with E-state index in [1.165, 1.54) is 17.5 Å². The van der Waals surface area contributed by atoms with Gasteiger partial charge >= 0.3 is 0 Å². The number of anilines is 1. The average Bonchev–Trinajstić information content (AvgIpc) is 2.99. The first kappa shape index (κ1) is 13.6. The molecule has 1 aromatic heterocycles. The monoisotopic (exact) mass is 298 g/mol. The highest BCUT2D eigenvalue weighted by Crippen LogP contribution is 2.28. The van der Waals surface area contributed by atoms with Gasteiger partial charge in [0, 0.05) is 6.54 Å². The molecule has 4 nitrogen and oxygen atoms in total. The lowest BCUT2D eigenvalue weighted by Gasteiger charge is -2.13. The summed E-state index contributed by atoms with van der Waals surface area (Å²) in [5, 5.41) is 8.21. The number of para-hydroxylation sites is 1. The maximum atomic E-state index is 6.30. The van der Waals surface area contributed by atoms with E-state index in [4.69, 9.17) is 11.6 Å². The minimum absolute atomic E-state index is 0.634. The third-order valence-electron chi connectivity index (χ3n) is 3.20. The number of hydrogen-bond donors (Lipinski definition) is 1. The Morgan fingerprint density at radius 3 is 2.81 bits per heavy atom. The summed E-state index contributed by atoms with van der Waals surface area (Å²) in [6.45, 7) is 2.81. The molecule has 0 atom stereocenters. The fraction of sp³-hybridized carbons (Fsp3) is 0.125. The van der Waals surface area contributed by atoms with Gasteiger partial charge in [-0.15, -0.1) is 0 Å². The number of hydrogen-bond acceptors (Lipinski definition) is 3.